The maximum absolute atomic E-state index is 12.6. The Labute approximate surface area is 168 Å². The third-order valence-electron chi connectivity index (χ3n) is 4.10. The predicted molar refractivity (Wildman–Crippen MR) is 105 cm³/mol. The van der Waals surface area contributed by atoms with E-state index in [1.165, 1.54) is 0 Å². The molecule has 10 nitrogen and oxygen atoms in total. The first kappa shape index (κ1) is 23.9. The number of carbonyl (C=O) groups is 5. The van der Waals surface area contributed by atoms with E-state index in [2.05, 4.69) is 16.2 Å². The van der Waals surface area contributed by atoms with Gasteiger partial charge in [-0.3, -0.25) is 14.4 Å². The average molecular weight is 405 g/mol. The van der Waals surface area contributed by atoms with E-state index in [0.717, 1.165) is 5.56 Å². The van der Waals surface area contributed by atoms with Gasteiger partial charge in [-0.15, -0.1) is 0 Å². The van der Waals surface area contributed by atoms with Gasteiger partial charge in [0, 0.05) is 12.8 Å². The van der Waals surface area contributed by atoms with Gasteiger partial charge < -0.3 is 26.4 Å². The van der Waals surface area contributed by atoms with Gasteiger partial charge in [-0.05, 0) is 24.8 Å². The molecule has 0 aliphatic carbocycles. The van der Waals surface area contributed by atoms with E-state index in [1.807, 2.05) is 30.3 Å². The van der Waals surface area contributed by atoms with Crippen molar-refractivity contribution in [3.05, 3.63) is 35.9 Å². The summed E-state index contributed by atoms with van der Waals surface area (Å²) in [5, 5.41) is 2.61. The highest BCUT2D eigenvalue weighted by molar-refractivity contribution is 5.85. The molecule has 1 rings (SSSR count). The average Bonchev–Trinajstić information content (AvgIpc) is 2.69. The summed E-state index contributed by atoms with van der Waals surface area (Å²) < 4.78 is 0. The lowest BCUT2D eigenvalue weighted by molar-refractivity contribution is -0.127. The van der Waals surface area contributed by atoms with Crippen LogP contribution in [0, 0.1) is 0 Å². The van der Waals surface area contributed by atoms with Crippen LogP contribution in [0.15, 0.2) is 30.3 Å². The Morgan fingerprint density at radius 2 is 1.45 bits per heavy atom. The van der Waals surface area contributed by atoms with Gasteiger partial charge in [0.1, 0.15) is 18.6 Å². The topological polar surface area (TPSA) is 173 Å². The number of hydrazine groups is 1. The van der Waals surface area contributed by atoms with Crippen LogP contribution < -0.4 is 27.6 Å². The Balaban J connectivity index is 2.71. The summed E-state index contributed by atoms with van der Waals surface area (Å²) in [6.45, 7) is 0. The van der Waals surface area contributed by atoms with Gasteiger partial charge >= 0.3 is 0 Å². The largest absolute Gasteiger partial charge is 0.370 e. The third kappa shape index (κ3) is 10.1. The monoisotopic (exact) mass is 405 g/mol. The molecule has 0 saturated carbocycles. The molecule has 10 heteroatoms. The quantitative estimate of drug-likeness (QED) is 0.174. The van der Waals surface area contributed by atoms with Crippen LogP contribution in [-0.2, 0) is 30.4 Å². The number of amides is 3. The number of hydrogen-bond acceptors (Lipinski definition) is 7. The summed E-state index contributed by atoms with van der Waals surface area (Å²) in [4.78, 5) is 57.0. The van der Waals surface area contributed by atoms with Crippen molar-refractivity contribution >= 4 is 30.3 Å². The van der Waals surface area contributed by atoms with E-state index < -0.39 is 35.8 Å². The number of benzene rings is 1. The number of nitrogens with one attached hydrogen (secondary N) is 3. The zero-order valence-corrected chi connectivity index (χ0v) is 16.0. The van der Waals surface area contributed by atoms with Crippen LogP contribution in [0.1, 0.15) is 31.2 Å². The maximum Gasteiger partial charge on any atom is 0.239 e. The second kappa shape index (κ2) is 13.1. The van der Waals surface area contributed by atoms with Gasteiger partial charge in [0.25, 0.3) is 0 Å². The molecule has 3 atom stereocenters. The lowest BCUT2D eigenvalue weighted by atomic mass is 10.1. The van der Waals surface area contributed by atoms with E-state index in [4.69, 9.17) is 11.5 Å². The van der Waals surface area contributed by atoms with Crippen molar-refractivity contribution in [1.82, 2.24) is 16.2 Å². The molecule has 0 unspecified atom stereocenters. The van der Waals surface area contributed by atoms with Crippen LogP contribution >= 0.6 is 0 Å². The second-order valence-corrected chi connectivity index (χ2v) is 6.53. The van der Waals surface area contributed by atoms with Gasteiger partial charge in [-0.1, -0.05) is 30.3 Å². The first-order chi connectivity index (χ1) is 13.8. The molecule has 7 N–H and O–H groups in total. The van der Waals surface area contributed by atoms with Crippen molar-refractivity contribution in [2.45, 2.75) is 50.2 Å². The van der Waals surface area contributed by atoms with Crippen molar-refractivity contribution in [3.8, 4) is 0 Å². The highest BCUT2D eigenvalue weighted by atomic mass is 16.2. The SMILES string of the molecule is NC(=O)CC[C@@H](C=O)NN[C@@H](CCC(N)=O)C(=O)N[C@H](C=O)Cc1ccccc1. The summed E-state index contributed by atoms with van der Waals surface area (Å²) >= 11 is 0. The van der Waals surface area contributed by atoms with Crippen molar-refractivity contribution in [2.24, 2.45) is 11.5 Å². The normalized spacial score (nSPS) is 13.7. The zero-order valence-electron chi connectivity index (χ0n) is 16.0. The Bertz CT molecular complexity index is 697. The molecule has 0 saturated heterocycles. The minimum atomic E-state index is -0.934. The minimum Gasteiger partial charge on any atom is -0.370 e. The van der Waals surface area contributed by atoms with Crippen LogP contribution in [0.5, 0.6) is 0 Å². The van der Waals surface area contributed by atoms with Crippen LogP contribution in [0.2, 0.25) is 0 Å². The number of hydrogen-bond donors (Lipinski definition) is 5. The Hall–Kier alpha value is -3.11. The van der Waals surface area contributed by atoms with E-state index >= 15 is 0 Å². The highest BCUT2D eigenvalue weighted by Gasteiger charge is 2.23. The lowest BCUT2D eigenvalue weighted by Crippen LogP contribution is -2.55. The summed E-state index contributed by atoms with van der Waals surface area (Å²) in [5.74, 6) is -1.69. The van der Waals surface area contributed by atoms with Crippen molar-refractivity contribution < 1.29 is 24.0 Å². The number of aldehydes is 2. The smallest absolute Gasteiger partial charge is 0.239 e. The standard InChI is InChI=1S/C19H27N5O5/c20-17(27)8-6-14(11-25)23-24-16(7-9-18(21)28)19(29)22-15(12-26)10-13-4-2-1-3-5-13/h1-5,11-12,14-16,23-24H,6-10H2,(H2,20,27)(H2,21,28)(H,22,29)/t14-,15-,16-/m0/s1. The van der Waals surface area contributed by atoms with Crippen LogP contribution in [0.4, 0.5) is 0 Å². The number of rotatable bonds is 15. The molecule has 3 amide bonds. The Morgan fingerprint density at radius 1 is 0.862 bits per heavy atom. The predicted octanol–water partition coefficient (Wildman–Crippen LogP) is -1.53. The van der Waals surface area contributed by atoms with Crippen molar-refractivity contribution in [3.63, 3.8) is 0 Å². The second-order valence-electron chi connectivity index (χ2n) is 6.53. The van der Waals surface area contributed by atoms with Gasteiger partial charge in [0.15, 0.2) is 0 Å². The first-order valence-electron chi connectivity index (χ1n) is 9.18. The van der Waals surface area contributed by atoms with E-state index in [0.29, 0.717) is 19.0 Å². The number of primary amides is 2. The molecule has 158 valence electrons. The fraction of sp³-hybridized carbons (Fsp3) is 0.421. The third-order valence-corrected chi connectivity index (χ3v) is 4.10. The van der Waals surface area contributed by atoms with Gasteiger partial charge in [-0.25, -0.2) is 10.9 Å². The Kier molecular flexibility index (Phi) is 10.8. The molecule has 29 heavy (non-hydrogen) atoms. The summed E-state index contributed by atoms with van der Waals surface area (Å²) in [5.41, 5.74) is 16.4. The highest BCUT2D eigenvalue weighted by Crippen LogP contribution is 2.04. The van der Waals surface area contributed by atoms with Crippen LogP contribution in [0.25, 0.3) is 0 Å². The maximum atomic E-state index is 12.6. The van der Waals surface area contributed by atoms with E-state index in [-0.39, 0.29) is 25.7 Å². The summed E-state index contributed by atoms with van der Waals surface area (Å²) in [6.07, 6.45) is 1.60. The fourth-order valence-electron chi connectivity index (χ4n) is 2.52. The van der Waals surface area contributed by atoms with Crippen molar-refractivity contribution in [2.75, 3.05) is 0 Å². The first-order valence-corrected chi connectivity index (χ1v) is 9.18. The van der Waals surface area contributed by atoms with E-state index in [9.17, 15) is 24.0 Å². The lowest BCUT2D eigenvalue weighted by Gasteiger charge is -2.23. The molecule has 0 radical (unpaired) electrons. The Morgan fingerprint density at radius 3 is 2.00 bits per heavy atom. The molecule has 0 aromatic heterocycles. The number of nitrogens with two attached hydrogens (primary N) is 2. The van der Waals surface area contributed by atoms with Crippen molar-refractivity contribution in [1.29, 1.82) is 0 Å². The number of carbonyl (C=O) groups excluding carboxylic acids is 5. The molecule has 0 aliphatic rings. The molecule has 0 fully saturated rings. The van der Waals surface area contributed by atoms with Gasteiger partial charge in [0.05, 0.1) is 12.1 Å². The van der Waals surface area contributed by atoms with Crippen LogP contribution in [-0.4, -0.2) is 48.4 Å². The van der Waals surface area contributed by atoms with Gasteiger partial charge in [-0.2, -0.15) is 0 Å². The molecule has 0 heterocycles. The molecule has 0 bridgehead atoms. The molecular formula is C19H27N5O5. The van der Waals surface area contributed by atoms with Crippen LogP contribution in [0.3, 0.4) is 0 Å². The van der Waals surface area contributed by atoms with E-state index in [1.54, 1.807) is 0 Å². The minimum absolute atomic E-state index is 0.0134. The zero-order chi connectivity index (χ0) is 21.6. The summed E-state index contributed by atoms with van der Waals surface area (Å²) in [6, 6.07) is 6.70. The molecule has 0 aliphatic heterocycles. The molecule has 1 aromatic rings. The molecular weight excluding hydrogens is 378 g/mol. The molecule has 1 aromatic carbocycles. The van der Waals surface area contributed by atoms with Gasteiger partial charge in [0.2, 0.25) is 17.7 Å². The molecule has 0 spiro atoms. The fourth-order valence-corrected chi connectivity index (χ4v) is 2.52. The summed E-state index contributed by atoms with van der Waals surface area (Å²) in [7, 11) is 0.